The Balaban J connectivity index is 1.71. The van der Waals surface area contributed by atoms with Crippen molar-refractivity contribution >= 4 is 17.0 Å². The number of aliphatic hydroxyl groups excluding tert-OH is 2. The minimum Gasteiger partial charge on any atom is -0.497 e. The van der Waals surface area contributed by atoms with Crippen molar-refractivity contribution in [2.24, 2.45) is 5.92 Å². The third-order valence-electron chi connectivity index (χ3n) is 5.73. The Labute approximate surface area is 176 Å². The maximum Gasteiger partial charge on any atom is 0.282 e. The van der Waals surface area contributed by atoms with Crippen LogP contribution in [0.15, 0.2) is 24.3 Å². The molecule has 2 heterocycles. The highest BCUT2D eigenvalue weighted by molar-refractivity contribution is 8.13. The summed E-state index contributed by atoms with van der Waals surface area (Å²) >= 11 is 1.16. The summed E-state index contributed by atoms with van der Waals surface area (Å²) in [6.45, 7) is 2.41. The minimum atomic E-state index is -1.59. The Morgan fingerprint density at radius 1 is 1.38 bits per heavy atom. The molecule has 3 rings (SSSR count). The monoisotopic (exact) mass is 425 g/mol. The first-order chi connectivity index (χ1) is 13.8. The third-order valence-corrected chi connectivity index (χ3v) is 6.70. The number of aliphatic hydroxyl groups is 3. The molecule has 2 saturated heterocycles. The number of hydrogen-bond donors (Lipinski definition) is 3. The van der Waals surface area contributed by atoms with Crippen LogP contribution in [-0.2, 0) is 11.3 Å². The number of methoxy groups -OCH3 is 1. The van der Waals surface area contributed by atoms with E-state index in [0.29, 0.717) is 25.1 Å². The quantitative estimate of drug-likeness (QED) is 0.588. The molecule has 1 unspecified atom stereocenters. The lowest BCUT2D eigenvalue weighted by atomic mass is 9.90. The van der Waals surface area contributed by atoms with Gasteiger partial charge in [0.2, 0.25) is 0 Å². The molecule has 3 N–H and O–H groups in total. The second-order valence-electron chi connectivity index (χ2n) is 8.11. The molecule has 0 aromatic heterocycles. The molecular formula is C21H31NO6S. The molecule has 1 aromatic rings. The van der Waals surface area contributed by atoms with Gasteiger partial charge in [0, 0.05) is 25.3 Å². The van der Waals surface area contributed by atoms with Gasteiger partial charge in [-0.25, -0.2) is 0 Å². The van der Waals surface area contributed by atoms with Crippen LogP contribution in [-0.4, -0.2) is 69.0 Å². The average molecular weight is 426 g/mol. The molecule has 0 bridgehead atoms. The summed E-state index contributed by atoms with van der Waals surface area (Å²) in [4.78, 5) is 14.2. The van der Waals surface area contributed by atoms with Crippen LogP contribution in [0.1, 0.15) is 38.2 Å². The summed E-state index contributed by atoms with van der Waals surface area (Å²) in [5, 5.41) is 30.8. The van der Waals surface area contributed by atoms with Crippen LogP contribution in [0.5, 0.6) is 5.75 Å². The van der Waals surface area contributed by atoms with Gasteiger partial charge in [0.05, 0.1) is 25.4 Å². The molecule has 2 aliphatic rings. The lowest BCUT2D eigenvalue weighted by molar-refractivity contribution is -0.293. The van der Waals surface area contributed by atoms with E-state index in [1.807, 2.05) is 31.2 Å². The largest absolute Gasteiger partial charge is 0.497 e. The summed E-state index contributed by atoms with van der Waals surface area (Å²) in [5.41, 5.74) is 0.930. The van der Waals surface area contributed by atoms with E-state index in [0.717, 1.165) is 29.5 Å². The van der Waals surface area contributed by atoms with Gasteiger partial charge in [-0.3, -0.25) is 4.79 Å². The Morgan fingerprint density at radius 2 is 2.10 bits per heavy atom. The first-order valence-electron chi connectivity index (χ1n) is 10.1. The Bertz CT molecular complexity index is 686. The second kappa shape index (κ2) is 9.66. The summed E-state index contributed by atoms with van der Waals surface area (Å²) in [6.07, 6.45) is 0.933. The Kier molecular flexibility index (Phi) is 7.45. The lowest BCUT2D eigenvalue weighted by Crippen LogP contribution is -2.59. The maximum absolute atomic E-state index is 12.5. The molecule has 2 aliphatic heterocycles. The van der Waals surface area contributed by atoms with Gasteiger partial charge >= 0.3 is 0 Å². The SMILES string of the molecule is COc1ccc(CN2C(=O)SCC2[C@]2(O)C[C@H](O)C[C@H](CC[C@H](C)CO)O2)cc1. The molecule has 1 amide bonds. The molecule has 0 saturated carbocycles. The molecule has 2 fully saturated rings. The van der Waals surface area contributed by atoms with Crippen LogP contribution in [0, 0.1) is 5.92 Å². The van der Waals surface area contributed by atoms with Crippen LogP contribution < -0.4 is 4.74 Å². The van der Waals surface area contributed by atoms with Crippen molar-refractivity contribution < 1.29 is 29.6 Å². The average Bonchev–Trinajstić information content (AvgIpc) is 3.07. The Morgan fingerprint density at radius 3 is 2.76 bits per heavy atom. The van der Waals surface area contributed by atoms with Gasteiger partial charge in [-0.1, -0.05) is 30.8 Å². The minimum absolute atomic E-state index is 0.0800. The van der Waals surface area contributed by atoms with Crippen LogP contribution >= 0.6 is 11.8 Å². The van der Waals surface area contributed by atoms with E-state index in [1.54, 1.807) is 12.0 Å². The van der Waals surface area contributed by atoms with Crippen molar-refractivity contribution in [2.75, 3.05) is 19.5 Å². The molecule has 29 heavy (non-hydrogen) atoms. The first kappa shape index (κ1) is 22.4. The highest BCUT2D eigenvalue weighted by Gasteiger charge is 2.51. The summed E-state index contributed by atoms with van der Waals surface area (Å²) in [7, 11) is 1.60. The zero-order valence-corrected chi connectivity index (χ0v) is 17.8. The summed E-state index contributed by atoms with van der Waals surface area (Å²) in [5.74, 6) is -0.292. The number of carbonyl (C=O) groups excluding carboxylic acids is 1. The third kappa shape index (κ3) is 5.44. The topological polar surface area (TPSA) is 99.5 Å². The number of amides is 1. The Hall–Kier alpha value is -1.32. The van der Waals surface area contributed by atoms with Gasteiger partial charge in [-0.15, -0.1) is 0 Å². The fourth-order valence-electron chi connectivity index (χ4n) is 3.99. The molecule has 1 aromatic carbocycles. The van der Waals surface area contributed by atoms with E-state index in [9.17, 15) is 20.1 Å². The van der Waals surface area contributed by atoms with Gasteiger partial charge in [0.25, 0.3) is 5.24 Å². The molecule has 162 valence electrons. The van der Waals surface area contributed by atoms with Crippen LogP contribution in [0.25, 0.3) is 0 Å². The first-order valence-corrected chi connectivity index (χ1v) is 11.1. The van der Waals surface area contributed by atoms with Crippen molar-refractivity contribution in [1.29, 1.82) is 0 Å². The van der Waals surface area contributed by atoms with E-state index >= 15 is 0 Å². The highest BCUT2D eigenvalue weighted by atomic mass is 32.2. The zero-order chi connectivity index (χ0) is 21.0. The molecule has 8 heteroatoms. The van der Waals surface area contributed by atoms with E-state index in [4.69, 9.17) is 9.47 Å². The smallest absolute Gasteiger partial charge is 0.282 e. The van der Waals surface area contributed by atoms with Crippen LogP contribution in [0.2, 0.25) is 0 Å². The van der Waals surface area contributed by atoms with E-state index in [2.05, 4.69) is 0 Å². The fourth-order valence-corrected chi connectivity index (χ4v) is 5.09. The van der Waals surface area contributed by atoms with Gasteiger partial charge in [0.15, 0.2) is 5.79 Å². The van der Waals surface area contributed by atoms with Crippen LogP contribution in [0.4, 0.5) is 4.79 Å². The van der Waals surface area contributed by atoms with Gasteiger partial charge in [-0.2, -0.15) is 0 Å². The molecule has 0 radical (unpaired) electrons. The number of ether oxygens (including phenoxy) is 2. The van der Waals surface area contributed by atoms with E-state index in [-0.39, 0.29) is 30.3 Å². The van der Waals surface area contributed by atoms with Crippen molar-refractivity contribution in [1.82, 2.24) is 4.90 Å². The number of carbonyl (C=O) groups is 1. The molecular weight excluding hydrogens is 394 g/mol. The number of thioether (sulfide) groups is 1. The predicted molar refractivity (Wildman–Crippen MR) is 111 cm³/mol. The molecule has 7 nitrogen and oxygen atoms in total. The fraction of sp³-hybridized carbons (Fsp3) is 0.667. The number of hydrogen-bond acceptors (Lipinski definition) is 7. The van der Waals surface area contributed by atoms with Gasteiger partial charge < -0.3 is 29.7 Å². The van der Waals surface area contributed by atoms with Crippen molar-refractivity contribution in [3.05, 3.63) is 29.8 Å². The normalized spacial score (nSPS) is 31.1. The molecule has 0 aliphatic carbocycles. The summed E-state index contributed by atoms with van der Waals surface area (Å²) < 4.78 is 11.2. The van der Waals surface area contributed by atoms with Crippen LogP contribution in [0.3, 0.4) is 0 Å². The predicted octanol–water partition coefficient (Wildman–Crippen LogP) is 2.37. The van der Waals surface area contributed by atoms with Gasteiger partial charge in [-0.05, 0) is 42.9 Å². The second-order valence-corrected chi connectivity index (χ2v) is 9.08. The standard InChI is InChI=1S/C21H31NO6S/c1-14(12-23)3-6-18-9-16(24)10-21(26,28-18)19-13-29-20(25)22(19)11-15-4-7-17(27-2)8-5-15/h4-5,7-8,14,16,18-19,23-24,26H,3,6,9-13H2,1-2H3/t14-,16+,18-,19?,21-/m0/s1. The molecule has 5 atom stereocenters. The number of rotatable bonds is 8. The maximum atomic E-state index is 12.5. The number of nitrogens with zero attached hydrogens (tertiary/aromatic N) is 1. The van der Waals surface area contributed by atoms with Gasteiger partial charge in [0.1, 0.15) is 5.75 Å². The lowest BCUT2D eigenvalue weighted by Gasteiger charge is -2.45. The zero-order valence-electron chi connectivity index (χ0n) is 17.0. The van der Waals surface area contributed by atoms with Crippen molar-refractivity contribution in [2.45, 2.75) is 63.2 Å². The molecule has 0 spiro atoms. The van der Waals surface area contributed by atoms with E-state index in [1.165, 1.54) is 0 Å². The van der Waals surface area contributed by atoms with Crippen molar-refractivity contribution in [3.8, 4) is 5.75 Å². The number of benzene rings is 1. The van der Waals surface area contributed by atoms with E-state index < -0.39 is 17.9 Å². The summed E-state index contributed by atoms with van der Waals surface area (Å²) in [6, 6.07) is 6.94. The van der Waals surface area contributed by atoms with Crippen molar-refractivity contribution in [3.63, 3.8) is 0 Å². The highest BCUT2D eigenvalue weighted by Crippen LogP contribution is 2.40.